The lowest BCUT2D eigenvalue weighted by Crippen LogP contribution is -2.69. The number of aromatic nitrogens is 1. The third-order valence-electron chi connectivity index (χ3n) is 17.0. The first-order valence-electron chi connectivity index (χ1n) is 21.6. The van der Waals surface area contributed by atoms with Gasteiger partial charge in [0.1, 0.15) is 0 Å². The molecule has 4 saturated carbocycles. The van der Waals surface area contributed by atoms with Crippen LogP contribution in [0.25, 0.3) is 10.9 Å². The number of esters is 2. The van der Waals surface area contributed by atoms with Crippen molar-refractivity contribution in [3.63, 3.8) is 0 Å². The van der Waals surface area contributed by atoms with E-state index >= 15 is 0 Å². The van der Waals surface area contributed by atoms with Gasteiger partial charge in [0.15, 0.2) is 0 Å². The predicted molar refractivity (Wildman–Crippen MR) is 217 cm³/mol. The summed E-state index contributed by atoms with van der Waals surface area (Å²) in [5.41, 5.74) is 8.00. The van der Waals surface area contributed by atoms with E-state index in [2.05, 4.69) is 83.2 Å². The van der Waals surface area contributed by atoms with Crippen LogP contribution in [-0.4, -0.2) is 59.7 Å². The second-order valence-electron chi connectivity index (χ2n) is 19.8. The summed E-state index contributed by atoms with van der Waals surface area (Å²) in [5.74, 6) is 0.394. The Balaban J connectivity index is 1.04. The molecule has 0 radical (unpaired) electrons. The lowest BCUT2D eigenvalue weighted by molar-refractivity contribution is -0.255. The number of carbonyl (C=O) groups excluding carboxylic acids is 2. The van der Waals surface area contributed by atoms with Gasteiger partial charge in [-0.1, -0.05) is 57.5 Å². The van der Waals surface area contributed by atoms with Gasteiger partial charge in [-0.15, -0.1) is 0 Å². The van der Waals surface area contributed by atoms with Crippen LogP contribution in [-0.2, 0) is 36.8 Å². The van der Waals surface area contributed by atoms with Gasteiger partial charge in [0, 0.05) is 29.1 Å². The van der Waals surface area contributed by atoms with Crippen LogP contribution in [0, 0.1) is 51.2 Å². The Morgan fingerprint density at radius 2 is 1.75 bits per heavy atom. The molecule has 8 nitrogen and oxygen atoms in total. The number of hydrogen-bond acceptors (Lipinski definition) is 7. The number of nitrogens with zero attached hydrogens (tertiary/aromatic N) is 1. The summed E-state index contributed by atoms with van der Waals surface area (Å²) in [6.07, 6.45) is 12.7. The maximum absolute atomic E-state index is 14.5. The third-order valence-corrected chi connectivity index (χ3v) is 17.0. The minimum absolute atomic E-state index is 0.0175. The molecule has 8 heteroatoms. The number of nitrogens with two attached hydrogens (primary N) is 1. The van der Waals surface area contributed by atoms with Gasteiger partial charge in [0.25, 0.3) is 0 Å². The zero-order valence-electron chi connectivity index (χ0n) is 35.0. The average molecular weight is 759 g/mol. The maximum atomic E-state index is 14.5. The van der Waals surface area contributed by atoms with Crippen molar-refractivity contribution in [1.29, 1.82) is 0 Å². The summed E-state index contributed by atoms with van der Waals surface area (Å²) in [5, 5.41) is 13.9. The normalized spacial score (nSPS) is 38.8. The molecule has 1 aromatic carbocycles. The zero-order chi connectivity index (χ0) is 39.6. The highest BCUT2D eigenvalue weighted by molar-refractivity contribution is 5.84. The largest absolute Gasteiger partial charge is 0.469 e. The third kappa shape index (κ3) is 6.34. The number of aliphatic hydroxyl groups is 1. The van der Waals surface area contributed by atoms with Crippen molar-refractivity contribution in [3.05, 3.63) is 48.2 Å². The van der Waals surface area contributed by atoms with Crippen LogP contribution >= 0.6 is 0 Å². The first-order chi connectivity index (χ1) is 26.1. The molecule has 0 bridgehead atoms. The van der Waals surface area contributed by atoms with Gasteiger partial charge < -0.3 is 29.6 Å². The Bertz CT molecular complexity index is 1770. The molecule has 1 saturated heterocycles. The van der Waals surface area contributed by atoms with Crippen LogP contribution in [0.1, 0.15) is 124 Å². The van der Waals surface area contributed by atoms with Crippen LogP contribution in [0.3, 0.4) is 0 Å². The number of hydrogen-bond donors (Lipinski definition) is 2. The Morgan fingerprint density at radius 1 is 1.00 bits per heavy atom. The number of para-hydroxylation sites is 1. The number of rotatable bonds is 13. The predicted octanol–water partition coefficient (Wildman–Crippen LogP) is 8.80. The topological polar surface area (TPSA) is 113 Å². The van der Waals surface area contributed by atoms with E-state index in [9.17, 15) is 14.7 Å². The molecule has 7 rings (SSSR count). The highest BCUT2D eigenvalue weighted by Crippen LogP contribution is 2.77. The van der Waals surface area contributed by atoms with E-state index in [0.717, 1.165) is 82.7 Å². The van der Waals surface area contributed by atoms with Crippen LogP contribution in [0.4, 0.5) is 0 Å². The van der Waals surface area contributed by atoms with Gasteiger partial charge in [0.2, 0.25) is 0 Å². The lowest BCUT2D eigenvalue weighted by Gasteiger charge is -2.71. The van der Waals surface area contributed by atoms with Gasteiger partial charge in [-0.2, -0.15) is 0 Å². The molecule has 304 valence electrons. The highest BCUT2D eigenvalue weighted by Gasteiger charge is 2.76. The molecule has 2 aromatic rings. The Kier molecular flexibility index (Phi) is 11.0. The van der Waals surface area contributed by atoms with Crippen molar-refractivity contribution in [3.8, 4) is 0 Å². The molecule has 5 fully saturated rings. The second kappa shape index (κ2) is 14.9. The van der Waals surface area contributed by atoms with E-state index in [0.29, 0.717) is 19.6 Å². The SMILES string of the molecule is C=C(C)[C@@H]1CC[C@]2(C(=O)OCCCCCCn3cc(CCN)c4ccccc43)CC[C@]3(C)[C@H](C[C@@H](O)[C@@H]4[C@@]5(C)C(CC(=O)OC)OC(C)(C)C5CC[C@]43C)[C@@H]12. The summed E-state index contributed by atoms with van der Waals surface area (Å²) in [4.78, 5) is 27.3. The minimum atomic E-state index is -0.566. The standard InChI is InChI=1S/C47H70N2O6/c1-30(2)32-17-21-47(42(52)54-26-14-10-9-13-25-49-29-31(19-24-48)33-15-11-12-16-35(33)49)23-22-44(5)34(40(32)47)27-36(50)41-45(44,6)20-18-37-43(3,4)55-38(46(37,41)7)28-39(51)53-8/h11-12,15-16,29,32,34,36-38,40-41,50H,1,9-10,13-14,17-28,48H2,2-8H3/t32-,34+,36+,37?,38?,40+,41-,44+,45+,46+,47-/m0/s1. The number of ether oxygens (including phenoxy) is 3. The van der Waals surface area contributed by atoms with Crippen molar-refractivity contribution < 1.29 is 28.9 Å². The van der Waals surface area contributed by atoms with E-state index in [-0.39, 0.29) is 64.9 Å². The van der Waals surface area contributed by atoms with Crippen LogP contribution in [0.15, 0.2) is 42.6 Å². The molecule has 3 N–H and O–H groups in total. The first kappa shape index (κ1) is 40.5. The lowest BCUT2D eigenvalue weighted by atomic mass is 9.33. The van der Waals surface area contributed by atoms with Crippen molar-refractivity contribution in [1.82, 2.24) is 4.57 Å². The number of aryl methyl sites for hydroxylation is 1. The molecular formula is C47H70N2O6. The molecule has 2 heterocycles. The fourth-order valence-electron chi connectivity index (χ4n) is 14.4. The van der Waals surface area contributed by atoms with Crippen LogP contribution in [0.2, 0.25) is 0 Å². The molecular weight excluding hydrogens is 689 g/mol. The van der Waals surface area contributed by atoms with Gasteiger partial charge in [-0.05, 0) is 150 Å². The summed E-state index contributed by atoms with van der Waals surface area (Å²) in [6, 6.07) is 8.59. The molecule has 2 unspecified atom stereocenters. The summed E-state index contributed by atoms with van der Waals surface area (Å²) < 4.78 is 20.6. The number of unbranched alkanes of at least 4 members (excludes halogenated alkanes) is 3. The molecule has 5 aliphatic rings. The van der Waals surface area contributed by atoms with E-state index in [1.165, 1.54) is 23.6 Å². The fraction of sp³-hybridized carbons (Fsp3) is 0.745. The van der Waals surface area contributed by atoms with Crippen LogP contribution in [0.5, 0.6) is 0 Å². The second-order valence-corrected chi connectivity index (χ2v) is 19.8. The zero-order valence-corrected chi connectivity index (χ0v) is 35.0. The molecule has 4 aliphatic carbocycles. The smallest absolute Gasteiger partial charge is 0.312 e. The summed E-state index contributed by atoms with van der Waals surface area (Å²) >= 11 is 0. The molecule has 1 aliphatic heterocycles. The van der Waals surface area contributed by atoms with Crippen molar-refractivity contribution >= 4 is 22.8 Å². The Labute approximate surface area is 330 Å². The molecule has 11 atom stereocenters. The number of fused-ring (bicyclic) bond motifs is 8. The van der Waals surface area contributed by atoms with Gasteiger partial charge in [0.05, 0.1) is 43.4 Å². The van der Waals surface area contributed by atoms with E-state index < -0.39 is 22.5 Å². The quantitative estimate of drug-likeness (QED) is 0.119. The highest BCUT2D eigenvalue weighted by atomic mass is 16.5. The number of carbonyl (C=O) groups is 2. The molecule has 0 spiro atoms. The minimum Gasteiger partial charge on any atom is -0.469 e. The van der Waals surface area contributed by atoms with E-state index in [1.54, 1.807) is 0 Å². The molecule has 55 heavy (non-hydrogen) atoms. The fourth-order valence-corrected chi connectivity index (χ4v) is 14.4. The van der Waals surface area contributed by atoms with Gasteiger partial charge in [-0.3, -0.25) is 9.59 Å². The van der Waals surface area contributed by atoms with Crippen LogP contribution < -0.4 is 5.73 Å². The number of methoxy groups -OCH3 is 1. The summed E-state index contributed by atoms with van der Waals surface area (Å²) in [7, 11) is 1.44. The summed E-state index contributed by atoms with van der Waals surface area (Å²) in [6.45, 7) is 20.2. The molecule has 0 amide bonds. The number of aliphatic hydroxyl groups excluding tert-OH is 1. The first-order valence-corrected chi connectivity index (χ1v) is 21.6. The average Bonchev–Trinajstić information content (AvgIpc) is 3.77. The monoisotopic (exact) mass is 759 g/mol. The maximum Gasteiger partial charge on any atom is 0.312 e. The van der Waals surface area contributed by atoms with Crippen molar-refractivity contribution in [2.75, 3.05) is 20.3 Å². The van der Waals surface area contributed by atoms with E-state index in [1.807, 2.05) is 0 Å². The van der Waals surface area contributed by atoms with E-state index in [4.69, 9.17) is 19.9 Å². The van der Waals surface area contributed by atoms with Crippen molar-refractivity contribution in [2.24, 2.45) is 57.0 Å². The number of allylic oxidation sites excluding steroid dienone is 1. The van der Waals surface area contributed by atoms with Gasteiger partial charge >= 0.3 is 11.9 Å². The molecule has 1 aromatic heterocycles. The van der Waals surface area contributed by atoms with Gasteiger partial charge in [-0.25, -0.2) is 0 Å². The Hall–Kier alpha value is -2.68. The van der Waals surface area contributed by atoms with Crippen molar-refractivity contribution in [2.45, 2.75) is 149 Å². The Morgan fingerprint density at radius 3 is 2.47 bits per heavy atom. The number of benzene rings is 1.